The van der Waals surface area contributed by atoms with Crippen LogP contribution < -0.4 is 4.74 Å². The Kier molecular flexibility index (Phi) is 6.32. The van der Waals surface area contributed by atoms with Crippen LogP contribution in [0.1, 0.15) is 29.3 Å². The molecule has 4 nitrogen and oxygen atoms in total. The Morgan fingerprint density at radius 2 is 1.67 bits per heavy atom. The molecular formula is C20H20O4. The van der Waals surface area contributed by atoms with Crippen LogP contribution >= 0.6 is 0 Å². The lowest BCUT2D eigenvalue weighted by Crippen LogP contribution is -2.16. The molecule has 0 saturated carbocycles. The monoisotopic (exact) mass is 324 g/mol. The summed E-state index contributed by atoms with van der Waals surface area (Å²) in [7, 11) is 0. The van der Waals surface area contributed by atoms with Gasteiger partial charge in [0, 0.05) is 23.6 Å². The van der Waals surface area contributed by atoms with E-state index in [4.69, 9.17) is 9.47 Å². The summed E-state index contributed by atoms with van der Waals surface area (Å²) in [5.74, 6) is 0.208. The number of hydrogen-bond donors (Lipinski definition) is 0. The first-order valence-corrected chi connectivity index (χ1v) is 7.76. The highest BCUT2D eigenvalue weighted by molar-refractivity contribution is 6.08. The number of carbonyl (C=O) groups excluding carboxylic acids is 2. The zero-order valence-corrected chi connectivity index (χ0v) is 13.6. The van der Waals surface area contributed by atoms with Crippen LogP contribution in [0.25, 0.3) is 0 Å². The highest BCUT2D eigenvalue weighted by Gasteiger charge is 2.10. The van der Waals surface area contributed by atoms with Crippen LogP contribution in [0, 0.1) is 0 Å². The molecule has 4 heteroatoms. The van der Waals surface area contributed by atoms with Gasteiger partial charge in [-0.05, 0) is 31.2 Å². The van der Waals surface area contributed by atoms with Crippen molar-refractivity contribution in [3.63, 3.8) is 0 Å². The van der Waals surface area contributed by atoms with Gasteiger partial charge in [0.05, 0.1) is 12.7 Å². The van der Waals surface area contributed by atoms with Gasteiger partial charge in [0.1, 0.15) is 5.75 Å². The largest absolute Gasteiger partial charge is 0.491 e. The number of ketones is 1. The van der Waals surface area contributed by atoms with E-state index in [-0.39, 0.29) is 18.5 Å². The van der Waals surface area contributed by atoms with Crippen LogP contribution in [0.5, 0.6) is 5.75 Å². The molecule has 1 atom stereocenters. The minimum Gasteiger partial charge on any atom is -0.491 e. The summed E-state index contributed by atoms with van der Waals surface area (Å²) in [4.78, 5) is 23.3. The molecule has 2 aromatic rings. The molecule has 0 aliphatic carbocycles. The number of ether oxygens (including phenoxy) is 2. The molecule has 0 N–H and O–H groups in total. The Morgan fingerprint density at radius 3 is 2.29 bits per heavy atom. The number of benzene rings is 2. The van der Waals surface area contributed by atoms with Gasteiger partial charge < -0.3 is 9.47 Å². The molecular weight excluding hydrogens is 304 g/mol. The number of esters is 1. The van der Waals surface area contributed by atoms with Gasteiger partial charge in [-0.25, -0.2) is 4.79 Å². The summed E-state index contributed by atoms with van der Waals surface area (Å²) < 4.78 is 10.7. The van der Waals surface area contributed by atoms with Crippen molar-refractivity contribution in [2.75, 3.05) is 6.61 Å². The van der Waals surface area contributed by atoms with Crippen molar-refractivity contribution < 1.29 is 19.1 Å². The van der Waals surface area contributed by atoms with Crippen molar-refractivity contribution in [1.29, 1.82) is 0 Å². The molecule has 0 bridgehead atoms. The first-order valence-electron chi connectivity index (χ1n) is 7.76. The van der Waals surface area contributed by atoms with Crippen LogP contribution in [-0.2, 0) is 9.53 Å². The van der Waals surface area contributed by atoms with Crippen LogP contribution in [0.15, 0.2) is 67.3 Å². The van der Waals surface area contributed by atoms with E-state index in [0.29, 0.717) is 23.3 Å². The van der Waals surface area contributed by atoms with Gasteiger partial charge in [-0.2, -0.15) is 0 Å². The van der Waals surface area contributed by atoms with Crippen molar-refractivity contribution in [3.8, 4) is 5.75 Å². The Hall–Kier alpha value is -2.88. The summed E-state index contributed by atoms with van der Waals surface area (Å²) in [6, 6.07) is 16.2. The van der Waals surface area contributed by atoms with E-state index in [1.807, 2.05) is 25.1 Å². The molecule has 0 saturated heterocycles. The Labute approximate surface area is 141 Å². The highest BCUT2D eigenvalue weighted by atomic mass is 16.5. The SMILES string of the molecule is C=CC(=O)OCCC(C)Oc1ccc(C(=O)c2ccccc2)cc1. The van der Waals surface area contributed by atoms with Crippen LogP contribution in [-0.4, -0.2) is 24.5 Å². The van der Waals surface area contributed by atoms with E-state index in [0.717, 1.165) is 6.08 Å². The van der Waals surface area contributed by atoms with Crippen LogP contribution in [0.4, 0.5) is 0 Å². The molecule has 0 heterocycles. The van der Waals surface area contributed by atoms with Crippen molar-refractivity contribution in [3.05, 3.63) is 78.4 Å². The third-order valence-corrected chi connectivity index (χ3v) is 3.43. The van der Waals surface area contributed by atoms with Crippen molar-refractivity contribution >= 4 is 11.8 Å². The quantitative estimate of drug-likeness (QED) is 0.421. The van der Waals surface area contributed by atoms with Crippen LogP contribution in [0.2, 0.25) is 0 Å². The third kappa shape index (κ3) is 5.09. The topological polar surface area (TPSA) is 52.6 Å². The second kappa shape index (κ2) is 8.67. The summed E-state index contributed by atoms with van der Waals surface area (Å²) >= 11 is 0. The van der Waals surface area contributed by atoms with Gasteiger partial charge in [0.25, 0.3) is 0 Å². The van der Waals surface area contributed by atoms with Crippen molar-refractivity contribution in [2.24, 2.45) is 0 Å². The van der Waals surface area contributed by atoms with Gasteiger partial charge in [0.2, 0.25) is 0 Å². The third-order valence-electron chi connectivity index (χ3n) is 3.43. The van der Waals surface area contributed by atoms with Gasteiger partial charge in [0.15, 0.2) is 5.78 Å². The fourth-order valence-corrected chi connectivity index (χ4v) is 2.12. The molecule has 0 aromatic heterocycles. The summed E-state index contributed by atoms with van der Waals surface area (Å²) in [6.07, 6.45) is 1.59. The fourth-order valence-electron chi connectivity index (χ4n) is 2.12. The van der Waals surface area contributed by atoms with E-state index < -0.39 is 5.97 Å². The van der Waals surface area contributed by atoms with E-state index >= 15 is 0 Å². The number of carbonyl (C=O) groups is 2. The molecule has 2 rings (SSSR count). The maximum Gasteiger partial charge on any atom is 0.330 e. The van der Waals surface area contributed by atoms with Gasteiger partial charge in [-0.1, -0.05) is 36.9 Å². The normalized spacial score (nSPS) is 11.4. The van der Waals surface area contributed by atoms with Crippen molar-refractivity contribution in [2.45, 2.75) is 19.4 Å². The molecule has 24 heavy (non-hydrogen) atoms. The lowest BCUT2D eigenvalue weighted by Gasteiger charge is -2.14. The molecule has 0 amide bonds. The Balaban J connectivity index is 1.89. The fraction of sp³-hybridized carbons (Fsp3) is 0.200. The molecule has 1 unspecified atom stereocenters. The molecule has 0 fully saturated rings. The van der Waals surface area contributed by atoms with Gasteiger partial charge >= 0.3 is 5.97 Å². The maximum atomic E-state index is 12.3. The number of hydrogen-bond acceptors (Lipinski definition) is 4. The smallest absolute Gasteiger partial charge is 0.330 e. The lowest BCUT2D eigenvalue weighted by molar-refractivity contribution is -0.138. The summed E-state index contributed by atoms with van der Waals surface area (Å²) in [6.45, 7) is 5.51. The maximum absolute atomic E-state index is 12.3. The zero-order valence-electron chi connectivity index (χ0n) is 13.6. The molecule has 2 aromatic carbocycles. The summed E-state index contributed by atoms with van der Waals surface area (Å²) in [5.41, 5.74) is 1.27. The van der Waals surface area contributed by atoms with Gasteiger partial charge in [-0.3, -0.25) is 4.79 Å². The molecule has 0 aliphatic heterocycles. The van der Waals surface area contributed by atoms with Crippen LogP contribution in [0.3, 0.4) is 0 Å². The first-order chi connectivity index (χ1) is 11.6. The lowest BCUT2D eigenvalue weighted by atomic mass is 10.0. The highest BCUT2D eigenvalue weighted by Crippen LogP contribution is 2.17. The molecule has 0 spiro atoms. The van der Waals surface area contributed by atoms with E-state index in [2.05, 4.69) is 6.58 Å². The average Bonchev–Trinajstić information content (AvgIpc) is 2.62. The Morgan fingerprint density at radius 1 is 1.04 bits per heavy atom. The van der Waals surface area contributed by atoms with E-state index in [9.17, 15) is 9.59 Å². The predicted octanol–water partition coefficient (Wildman–Crippen LogP) is 3.80. The van der Waals surface area contributed by atoms with E-state index in [1.165, 1.54) is 0 Å². The second-order valence-corrected chi connectivity index (χ2v) is 5.31. The predicted molar refractivity (Wildman–Crippen MR) is 92.2 cm³/mol. The van der Waals surface area contributed by atoms with Crippen molar-refractivity contribution in [1.82, 2.24) is 0 Å². The average molecular weight is 324 g/mol. The van der Waals surface area contributed by atoms with Gasteiger partial charge in [-0.15, -0.1) is 0 Å². The molecule has 0 radical (unpaired) electrons. The summed E-state index contributed by atoms with van der Waals surface area (Å²) in [5, 5.41) is 0. The second-order valence-electron chi connectivity index (χ2n) is 5.31. The van der Waals surface area contributed by atoms with E-state index in [1.54, 1.807) is 36.4 Å². The zero-order chi connectivity index (χ0) is 17.4. The number of rotatable bonds is 8. The standard InChI is InChI=1S/C20H20O4/c1-3-19(21)23-14-13-15(2)24-18-11-9-17(10-12-18)20(22)16-7-5-4-6-8-16/h3-12,15H,1,13-14H2,2H3. The Bertz CT molecular complexity index is 689. The minimum absolute atomic E-state index is 0.0217. The molecule has 124 valence electrons. The minimum atomic E-state index is -0.439. The first kappa shape index (κ1) is 17.5. The molecule has 0 aliphatic rings.